The minimum atomic E-state index is -0.271. The Kier molecular flexibility index (Phi) is 3.79. The summed E-state index contributed by atoms with van der Waals surface area (Å²) in [6.45, 7) is 0.00809. The molecule has 1 N–H and O–H groups in total. The lowest BCUT2D eigenvalue weighted by Crippen LogP contribution is -2.36. The summed E-state index contributed by atoms with van der Waals surface area (Å²) in [5.74, 6) is -0.412. The molecule has 5 heteroatoms. The zero-order valence-electron chi connectivity index (χ0n) is 8.73. The van der Waals surface area contributed by atoms with Gasteiger partial charge in [0.1, 0.15) is 0 Å². The fourth-order valence-electron chi connectivity index (χ4n) is 0.919. The van der Waals surface area contributed by atoms with Gasteiger partial charge in [-0.15, -0.1) is 0 Å². The zero-order valence-corrected chi connectivity index (χ0v) is 8.73. The Hall–Kier alpha value is -1.91. The van der Waals surface area contributed by atoms with E-state index < -0.39 is 0 Å². The van der Waals surface area contributed by atoms with Crippen molar-refractivity contribution in [3.05, 3.63) is 30.1 Å². The van der Waals surface area contributed by atoms with Gasteiger partial charge in [0, 0.05) is 32.1 Å². The molecule has 15 heavy (non-hydrogen) atoms. The first-order chi connectivity index (χ1) is 7.11. The second-order valence-corrected chi connectivity index (χ2v) is 3.21. The molecule has 0 radical (unpaired) electrons. The van der Waals surface area contributed by atoms with Gasteiger partial charge in [-0.05, 0) is 12.1 Å². The van der Waals surface area contributed by atoms with Crippen molar-refractivity contribution in [2.75, 3.05) is 20.6 Å². The maximum absolute atomic E-state index is 11.5. The number of hydrogen-bond donors (Lipinski definition) is 1. The van der Waals surface area contributed by atoms with Gasteiger partial charge >= 0.3 is 0 Å². The Morgan fingerprint density at radius 1 is 1.33 bits per heavy atom. The summed E-state index contributed by atoms with van der Waals surface area (Å²) in [4.78, 5) is 27.9. The van der Waals surface area contributed by atoms with Gasteiger partial charge in [-0.1, -0.05) is 0 Å². The summed E-state index contributed by atoms with van der Waals surface area (Å²) in [5.41, 5.74) is 0.497. The minimum absolute atomic E-state index is 0.00809. The molecule has 1 aromatic heterocycles. The number of likely N-dealkylation sites (N-methyl/N-ethyl adjacent to an activating group) is 1. The van der Waals surface area contributed by atoms with E-state index in [0.717, 1.165) is 0 Å². The molecule has 1 rings (SSSR count). The van der Waals surface area contributed by atoms with Crippen LogP contribution < -0.4 is 5.32 Å². The largest absolute Gasteiger partial charge is 0.347 e. The Labute approximate surface area is 88.1 Å². The lowest BCUT2D eigenvalue weighted by Gasteiger charge is -2.10. The van der Waals surface area contributed by atoms with Gasteiger partial charge in [-0.2, -0.15) is 0 Å². The van der Waals surface area contributed by atoms with Gasteiger partial charge in [-0.3, -0.25) is 14.6 Å². The minimum Gasteiger partial charge on any atom is -0.347 e. The van der Waals surface area contributed by atoms with Crippen LogP contribution in [0.1, 0.15) is 10.4 Å². The normalized spacial score (nSPS) is 9.47. The van der Waals surface area contributed by atoms with Crippen LogP contribution in [0.25, 0.3) is 0 Å². The second-order valence-electron chi connectivity index (χ2n) is 3.21. The monoisotopic (exact) mass is 207 g/mol. The summed E-state index contributed by atoms with van der Waals surface area (Å²) in [5, 5.41) is 2.52. The van der Waals surface area contributed by atoms with Crippen LogP contribution in [0.5, 0.6) is 0 Å². The summed E-state index contributed by atoms with van der Waals surface area (Å²) >= 11 is 0. The molecule has 0 spiro atoms. The van der Waals surface area contributed by atoms with Crippen molar-refractivity contribution in [3.63, 3.8) is 0 Å². The summed E-state index contributed by atoms with van der Waals surface area (Å²) < 4.78 is 0. The van der Waals surface area contributed by atoms with E-state index in [1.54, 1.807) is 26.2 Å². The molecular weight excluding hydrogens is 194 g/mol. The highest BCUT2D eigenvalue weighted by atomic mass is 16.2. The Morgan fingerprint density at radius 2 is 1.93 bits per heavy atom. The van der Waals surface area contributed by atoms with E-state index in [4.69, 9.17) is 0 Å². The Balaban J connectivity index is 2.48. The SMILES string of the molecule is CN(C)C(=O)CNC(=O)c1ccncc1. The molecule has 2 amide bonds. The highest BCUT2D eigenvalue weighted by Gasteiger charge is 2.08. The van der Waals surface area contributed by atoms with E-state index in [2.05, 4.69) is 10.3 Å². The molecule has 0 aliphatic carbocycles. The molecule has 0 aliphatic heterocycles. The van der Waals surface area contributed by atoms with Gasteiger partial charge < -0.3 is 10.2 Å². The average molecular weight is 207 g/mol. The molecule has 0 atom stereocenters. The number of nitrogens with one attached hydrogen (secondary N) is 1. The number of amides is 2. The first-order valence-corrected chi connectivity index (χ1v) is 4.49. The molecule has 1 aromatic rings. The lowest BCUT2D eigenvalue weighted by atomic mass is 10.2. The molecule has 0 aliphatic rings. The summed E-state index contributed by atoms with van der Waals surface area (Å²) in [6, 6.07) is 3.19. The van der Waals surface area contributed by atoms with Crippen molar-refractivity contribution >= 4 is 11.8 Å². The number of pyridine rings is 1. The van der Waals surface area contributed by atoms with Gasteiger partial charge in [0.05, 0.1) is 6.54 Å². The van der Waals surface area contributed by atoms with Gasteiger partial charge in [0.2, 0.25) is 5.91 Å². The molecule has 0 bridgehead atoms. The van der Waals surface area contributed by atoms with E-state index >= 15 is 0 Å². The third-order valence-corrected chi connectivity index (χ3v) is 1.84. The van der Waals surface area contributed by atoms with E-state index in [1.807, 2.05) is 0 Å². The number of rotatable bonds is 3. The molecule has 80 valence electrons. The number of carbonyl (C=O) groups excluding carboxylic acids is 2. The lowest BCUT2D eigenvalue weighted by molar-refractivity contribution is -0.127. The molecule has 0 unspecified atom stereocenters. The van der Waals surface area contributed by atoms with E-state index in [9.17, 15) is 9.59 Å². The van der Waals surface area contributed by atoms with Crippen molar-refractivity contribution in [2.45, 2.75) is 0 Å². The van der Waals surface area contributed by atoms with Crippen LogP contribution in [-0.2, 0) is 4.79 Å². The van der Waals surface area contributed by atoms with Crippen LogP contribution in [0.3, 0.4) is 0 Å². The van der Waals surface area contributed by atoms with Crippen LogP contribution in [0.2, 0.25) is 0 Å². The average Bonchev–Trinajstić information content (AvgIpc) is 2.26. The topological polar surface area (TPSA) is 62.3 Å². The summed E-state index contributed by atoms with van der Waals surface area (Å²) in [7, 11) is 3.28. The summed E-state index contributed by atoms with van der Waals surface area (Å²) in [6.07, 6.45) is 3.06. The second kappa shape index (κ2) is 5.09. The third kappa shape index (κ3) is 3.38. The van der Waals surface area contributed by atoms with Crippen molar-refractivity contribution < 1.29 is 9.59 Å². The first kappa shape index (κ1) is 11.2. The Bertz CT molecular complexity index is 349. The van der Waals surface area contributed by atoms with Gasteiger partial charge in [0.25, 0.3) is 5.91 Å². The standard InChI is InChI=1S/C10H13N3O2/c1-13(2)9(14)7-12-10(15)8-3-5-11-6-4-8/h3-6H,7H2,1-2H3,(H,12,15). The van der Waals surface area contributed by atoms with Crippen LogP contribution >= 0.6 is 0 Å². The van der Waals surface area contributed by atoms with Crippen molar-refractivity contribution in [1.82, 2.24) is 15.2 Å². The number of hydrogen-bond acceptors (Lipinski definition) is 3. The molecule has 0 aromatic carbocycles. The van der Waals surface area contributed by atoms with Crippen LogP contribution in [-0.4, -0.2) is 42.3 Å². The molecule has 0 fully saturated rings. The highest BCUT2D eigenvalue weighted by molar-refractivity contribution is 5.96. The van der Waals surface area contributed by atoms with Crippen molar-refractivity contribution in [1.29, 1.82) is 0 Å². The zero-order chi connectivity index (χ0) is 11.3. The van der Waals surface area contributed by atoms with Gasteiger partial charge in [0.15, 0.2) is 0 Å². The predicted molar refractivity (Wildman–Crippen MR) is 55.3 cm³/mol. The highest BCUT2D eigenvalue weighted by Crippen LogP contribution is 1.94. The maximum Gasteiger partial charge on any atom is 0.251 e. The van der Waals surface area contributed by atoms with E-state index in [-0.39, 0.29) is 18.4 Å². The van der Waals surface area contributed by atoms with Crippen LogP contribution in [0.4, 0.5) is 0 Å². The van der Waals surface area contributed by atoms with E-state index in [1.165, 1.54) is 17.3 Å². The van der Waals surface area contributed by atoms with Crippen molar-refractivity contribution in [2.24, 2.45) is 0 Å². The van der Waals surface area contributed by atoms with Crippen LogP contribution in [0, 0.1) is 0 Å². The van der Waals surface area contributed by atoms with E-state index in [0.29, 0.717) is 5.56 Å². The fourth-order valence-corrected chi connectivity index (χ4v) is 0.919. The molecular formula is C10H13N3O2. The smallest absolute Gasteiger partial charge is 0.251 e. The Morgan fingerprint density at radius 3 is 2.47 bits per heavy atom. The van der Waals surface area contributed by atoms with Crippen molar-refractivity contribution in [3.8, 4) is 0 Å². The quantitative estimate of drug-likeness (QED) is 0.752. The van der Waals surface area contributed by atoms with Gasteiger partial charge in [-0.25, -0.2) is 0 Å². The number of aromatic nitrogens is 1. The third-order valence-electron chi connectivity index (χ3n) is 1.84. The molecule has 0 saturated carbocycles. The molecule has 1 heterocycles. The number of carbonyl (C=O) groups is 2. The first-order valence-electron chi connectivity index (χ1n) is 4.49. The maximum atomic E-state index is 11.5. The predicted octanol–water partition coefficient (Wildman–Crippen LogP) is -0.100. The number of nitrogens with zero attached hydrogens (tertiary/aromatic N) is 2. The molecule has 5 nitrogen and oxygen atoms in total. The fraction of sp³-hybridized carbons (Fsp3) is 0.300. The molecule has 0 saturated heterocycles. The van der Waals surface area contributed by atoms with Crippen LogP contribution in [0.15, 0.2) is 24.5 Å².